The molecular formula is C19H14F3N7OS. The number of alkyl halides is 3. The van der Waals surface area contributed by atoms with Crippen molar-refractivity contribution in [2.75, 3.05) is 4.90 Å². The van der Waals surface area contributed by atoms with Gasteiger partial charge in [-0.25, -0.2) is 15.0 Å². The summed E-state index contributed by atoms with van der Waals surface area (Å²) in [7, 11) is 0. The molecule has 1 aliphatic carbocycles. The van der Waals surface area contributed by atoms with Gasteiger partial charge in [0.25, 0.3) is 0 Å². The first-order chi connectivity index (χ1) is 15.0. The number of nitrogens with zero attached hydrogens (tertiary/aromatic N) is 7. The number of aromatic nitrogens is 6. The highest BCUT2D eigenvalue weighted by molar-refractivity contribution is 7.15. The van der Waals surface area contributed by atoms with Gasteiger partial charge in [-0.3, -0.25) is 4.98 Å². The van der Waals surface area contributed by atoms with E-state index in [1.165, 1.54) is 17.7 Å². The van der Waals surface area contributed by atoms with Crippen molar-refractivity contribution in [2.24, 2.45) is 0 Å². The molecule has 4 aromatic heterocycles. The quantitative estimate of drug-likeness (QED) is 0.425. The van der Waals surface area contributed by atoms with Gasteiger partial charge >= 0.3 is 12.1 Å². The molecule has 0 spiro atoms. The molecule has 158 valence electrons. The maximum atomic E-state index is 12.8. The molecule has 0 amide bonds. The molecule has 1 aliphatic rings. The molecule has 4 heterocycles. The Morgan fingerprint density at radius 3 is 2.68 bits per heavy atom. The second-order valence-corrected chi connectivity index (χ2v) is 8.07. The van der Waals surface area contributed by atoms with E-state index in [1.54, 1.807) is 30.9 Å². The van der Waals surface area contributed by atoms with Crippen LogP contribution >= 0.6 is 11.3 Å². The minimum Gasteiger partial charge on any atom is -0.329 e. The lowest BCUT2D eigenvalue weighted by Crippen LogP contribution is -2.19. The summed E-state index contributed by atoms with van der Waals surface area (Å²) in [6, 6.07) is 3.48. The summed E-state index contributed by atoms with van der Waals surface area (Å²) >= 11 is 1.27. The second kappa shape index (κ2) is 7.69. The molecule has 0 atom stereocenters. The average Bonchev–Trinajstić information content (AvgIpc) is 3.29. The Labute approximate surface area is 177 Å². The topological polar surface area (TPSA) is 93.7 Å². The Hall–Kier alpha value is -3.41. The van der Waals surface area contributed by atoms with Crippen LogP contribution in [0.5, 0.6) is 0 Å². The van der Waals surface area contributed by atoms with Crippen LogP contribution in [0.15, 0.2) is 47.8 Å². The average molecular weight is 445 g/mol. The van der Waals surface area contributed by atoms with Crippen LogP contribution in [0.2, 0.25) is 0 Å². The van der Waals surface area contributed by atoms with Crippen LogP contribution in [0.1, 0.15) is 35.2 Å². The lowest BCUT2D eigenvalue weighted by atomic mass is 10.2. The lowest BCUT2D eigenvalue weighted by molar-refractivity contribution is -0.159. The molecule has 0 N–H and O–H groups in total. The van der Waals surface area contributed by atoms with E-state index >= 15 is 0 Å². The standard InChI is InChI=1S/C19H14F3N7OS/c20-19(21,22)18-27-17(28-30-18)14-4-3-12(31-14)9-29(15-8-23-5-6-25-15)13-7-24-10-26-16(13)11-1-2-11/h3-8,10-11H,1-2,9H2. The Morgan fingerprint density at radius 1 is 1.10 bits per heavy atom. The van der Waals surface area contributed by atoms with Crippen molar-refractivity contribution < 1.29 is 17.7 Å². The zero-order valence-electron chi connectivity index (χ0n) is 15.8. The zero-order valence-corrected chi connectivity index (χ0v) is 16.6. The van der Waals surface area contributed by atoms with Crippen molar-refractivity contribution in [3.8, 4) is 10.7 Å². The maximum Gasteiger partial charge on any atom is 0.471 e. The molecular weight excluding hydrogens is 431 g/mol. The fourth-order valence-corrected chi connectivity index (χ4v) is 4.03. The van der Waals surface area contributed by atoms with Crippen molar-refractivity contribution in [3.63, 3.8) is 0 Å². The molecule has 0 aromatic carbocycles. The van der Waals surface area contributed by atoms with Crippen LogP contribution in [0, 0.1) is 0 Å². The van der Waals surface area contributed by atoms with Gasteiger partial charge in [-0.1, -0.05) is 5.16 Å². The van der Waals surface area contributed by atoms with Gasteiger partial charge in [0.15, 0.2) is 5.82 Å². The van der Waals surface area contributed by atoms with E-state index in [4.69, 9.17) is 0 Å². The van der Waals surface area contributed by atoms with Gasteiger partial charge in [0.1, 0.15) is 6.33 Å². The Balaban J connectivity index is 1.47. The van der Waals surface area contributed by atoms with Crippen molar-refractivity contribution >= 4 is 22.8 Å². The third-order valence-corrected chi connectivity index (χ3v) is 5.73. The van der Waals surface area contributed by atoms with E-state index in [0.717, 1.165) is 29.1 Å². The Kier molecular flexibility index (Phi) is 4.85. The summed E-state index contributed by atoms with van der Waals surface area (Å²) in [5.74, 6) is -0.463. The Bertz CT molecular complexity index is 1190. The van der Waals surface area contributed by atoms with Crippen LogP contribution in [0.25, 0.3) is 10.7 Å². The van der Waals surface area contributed by atoms with Crippen molar-refractivity contribution in [1.82, 2.24) is 30.1 Å². The van der Waals surface area contributed by atoms with E-state index in [1.807, 2.05) is 11.0 Å². The summed E-state index contributed by atoms with van der Waals surface area (Å²) in [5.41, 5.74) is 1.78. The predicted octanol–water partition coefficient (Wildman–Crippen LogP) is 4.61. The summed E-state index contributed by atoms with van der Waals surface area (Å²) in [6.45, 7) is 0.403. The van der Waals surface area contributed by atoms with Gasteiger partial charge in [-0.2, -0.15) is 18.2 Å². The molecule has 0 aliphatic heterocycles. The largest absolute Gasteiger partial charge is 0.471 e. The van der Waals surface area contributed by atoms with Crippen LogP contribution in [0.3, 0.4) is 0 Å². The third kappa shape index (κ3) is 4.10. The zero-order chi connectivity index (χ0) is 21.4. The Morgan fingerprint density at radius 2 is 1.97 bits per heavy atom. The van der Waals surface area contributed by atoms with Crippen LogP contribution < -0.4 is 4.90 Å². The minimum atomic E-state index is -4.68. The second-order valence-electron chi connectivity index (χ2n) is 6.90. The monoisotopic (exact) mass is 445 g/mol. The number of halogens is 3. The fourth-order valence-electron chi connectivity index (χ4n) is 3.11. The van der Waals surface area contributed by atoms with Gasteiger partial charge in [0.05, 0.1) is 35.2 Å². The van der Waals surface area contributed by atoms with Gasteiger partial charge < -0.3 is 9.42 Å². The molecule has 0 saturated heterocycles. The predicted molar refractivity (Wildman–Crippen MR) is 104 cm³/mol. The molecule has 0 unspecified atom stereocenters. The maximum absolute atomic E-state index is 12.8. The van der Waals surface area contributed by atoms with E-state index in [9.17, 15) is 13.2 Å². The van der Waals surface area contributed by atoms with Crippen LogP contribution in [-0.2, 0) is 12.7 Å². The van der Waals surface area contributed by atoms with E-state index in [0.29, 0.717) is 23.2 Å². The molecule has 31 heavy (non-hydrogen) atoms. The minimum absolute atomic E-state index is 0.101. The first-order valence-corrected chi connectivity index (χ1v) is 10.1. The number of hydrogen-bond donors (Lipinski definition) is 0. The molecule has 5 rings (SSSR count). The molecule has 0 bridgehead atoms. The van der Waals surface area contributed by atoms with Crippen LogP contribution in [0.4, 0.5) is 24.7 Å². The number of hydrogen-bond acceptors (Lipinski definition) is 9. The van der Waals surface area contributed by atoms with Gasteiger partial charge in [-0.15, -0.1) is 11.3 Å². The lowest BCUT2D eigenvalue weighted by Gasteiger charge is -2.24. The highest BCUT2D eigenvalue weighted by Crippen LogP contribution is 2.44. The fraction of sp³-hybridized carbons (Fsp3) is 0.263. The molecule has 1 saturated carbocycles. The molecule has 1 fully saturated rings. The SMILES string of the molecule is FC(F)(F)c1nc(-c2ccc(CN(c3cnccn3)c3cncnc3C3CC3)s2)no1. The highest BCUT2D eigenvalue weighted by atomic mass is 32.1. The van der Waals surface area contributed by atoms with Crippen molar-refractivity contribution in [3.05, 3.63) is 59.7 Å². The van der Waals surface area contributed by atoms with Gasteiger partial charge in [0, 0.05) is 23.2 Å². The number of thiophene rings is 1. The van der Waals surface area contributed by atoms with Crippen LogP contribution in [-0.4, -0.2) is 30.1 Å². The molecule has 4 aromatic rings. The number of anilines is 2. The molecule has 8 nitrogen and oxygen atoms in total. The first-order valence-electron chi connectivity index (χ1n) is 9.32. The van der Waals surface area contributed by atoms with E-state index < -0.39 is 12.1 Å². The summed E-state index contributed by atoms with van der Waals surface area (Å²) in [5, 5.41) is 3.46. The summed E-state index contributed by atoms with van der Waals surface area (Å²) in [4.78, 5) is 24.0. The van der Waals surface area contributed by atoms with E-state index in [-0.39, 0.29) is 5.82 Å². The smallest absolute Gasteiger partial charge is 0.329 e. The van der Waals surface area contributed by atoms with Crippen molar-refractivity contribution in [2.45, 2.75) is 31.5 Å². The molecule has 12 heteroatoms. The summed E-state index contributed by atoms with van der Waals surface area (Å²) in [6.07, 6.45) is 5.57. The number of rotatable bonds is 6. The summed E-state index contributed by atoms with van der Waals surface area (Å²) < 4.78 is 42.6. The van der Waals surface area contributed by atoms with E-state index in [2.05, 4.69) is 34.6 Å². The third-order valence-electron chi connectivity index (χ3n) is 4.67. The molecule has 0 radical (unpaired) electrons. The van der Waals surface area contributed by atoms with Gasteiger partial charge in [-0.05, 0) is 25.0 Å². The highest BCUT2D eigenvalue weighted by Gasteiger charge is 2.38. The van der Waals surface area contributed by atoms with Gasteiger partial charge in [0.2, 0.25) is 5.82 Å². The normalized spacial score (nSPS) is 14.0. The van der Waals surface area contributed by atoms with Crippen molar-refractivity contribution in [1.29, 1.82) is 0 Å². The first kappa shape index (κ1) is 19.5.